The maximum absolute atomic E-state index is 4.19. The molecule has 0 aliphatic carbocycles. The summed E-state index contributed by atoms with van der Waals surface area (Å²) in [6.45, 7) is 6.22. The highest BCUT2D eigenvalue weighted by molar-refractivity contribution is 5.24. The van der Waals surface area contributed by atoms with Gasteiger partial charge in [0.2, 0.25) is 0 Å². The van der Waals surface area contributed by atoms with Crippen molar-refractivity contribution >= 4 is 0 Å². The molecular weight excluding hydrogens is 222 g/mol. The van der Waals surface area contributed by atoms with Gasteiger partial charge in [0.05, 0.1) is 6.54 Å². The lowest BCUT2D eigenvalue weighted by atomic mass is 10.1. The molecule has 0 saturated heterocycles. The SMILES string of the molecule is CCc1ccc(C(C)NCCn2cccn2)cc1. The first-order valence-corrected chi connectivity index (χ1v) is 6.59. The van der Waals surface area contributed by atoms with Gasteiger partial charge in [0.25, 0.3) is 0 Å². The number of benzene rings is 1. The molecule has 0 bridgehead atoms. The Bertz CT molecular complexity index is 445. The predicted octanol–water partition coefficient (Wildman–Crippen LogP) is 2.80. The number of nitrogens with one attached hydrogen (secondary N) is 1. The Morgan fingerprint density at radius 3 is 2.67 bits per heavy atom. The molecule has 1 aromatic carbocycles. The van der Waals surface area contributed by atoms with E-state index in [0.717, 1.165) is 19.5 Å². The molecule has 1 heterocycles. The van der Waals surface area contributed by atoms with Gasteiger partial charge in [0.1, 0.15) is 0 Å². The van der Waals surface area contributed by atoms with Crippen LogP contribution in [0.25, 0.3) is 0 Å². The summed E-state index contributed by atoms with van der Waals surface area (Å²) in [5.41, 5.74) is 2.73. The van der Waals surface area contributed by atoms with E-state index in [-0.39, 0.29) is 0 Å². The van der Waals surface area contributed by atoms with Gasteiger partial charge in [0, 0.05) is 25.0 Å². The molecule has 2 rings (SSSR count). The maximum atomic E-state index is 4.19. The predicted molar refractivity (Wildman–Crippen MR) is 74.5 cm³/mol. The van der Waals surface area contributed by atoms with Crippen LogP contribution in [0.5, 0.6) is 0 Å². The number of aromatic nitrogens is 2. The van der Waals surface area contributed by atoms with Crippen molar-refractivity contribution in [1.29, 1.82) is 0 Å². The summed E-state index contributed by atoms with van der Waals surface area (Å²) >= 11 is 0. The van der Waals surface area contributed by atoms with Crippen LogP contribution in [0.2, 0.25) is 0 Å². The van der Waals surface area contributed by atoms with Gasteiger partial charge in [-0.25, -0.2) is 0 Å². The topological polar surface area (TPSA) is 29.9 Å². The van der Waals surface area contributed by atoms with E-state index in [1.807, 2.05) is 23.1 Å². The normalized spacial score (nSPS) is 12.6. The zero-order valence-corrected chi connectivity index (χ0v) is 11.1. The second-order valence-electron chi connectivity index (χ2n) is 4.54. The molecular formula is C15H21N3. The van der Waals surface area contributed by atoms with Gasteiger partial charge in [-0.2, -0.15) is 5.10 Å². The highest BCUT2D eigenvalue weighted by atomic mass is 15.3. The minimum absolute atomic E-state index is 0.381. The average molecular weight is 243 g/mol. The maximum Gasteiger partial charge on any atom is 0.0534 e. The molecule has 1 aromatic heterocycles. The molecule has 1 unspecified atom stereocenters. The molecule has 0 spiro atoms. The summed E-state index contributed by atoms with van der Waals surface area (Å²) in [5, 5.41) is 7.70. The molecule has 18 heavy (non-hydrogen) atoms. The van der Waals surface area contributed by atoms with E-state index in [4.69, 9.17) is 0 Å². The Morgan fingerprint density at radius 2 is 2.06 bits per heavy atom. The van der Waals surface area contributed by atoms with Crippen LogP contribution in [-0.2, 0) is 13.0 Å². The van der Waals surface area contributed by atoms with Gasteiger partial charge in [-0.1, -0.05) is 31.2 Å². The molecule has 2 aromatic rings. The van der Waals surface area contributed by atoms with Gasteiger partial charge >= 0.3 is 0 Å². The fourth-order valence-corrected chi connectivity index (χ4v) is 1.99. The van der Waals surface area contributed by atoms with Crippen LogP contribution in [0.15, 0.2) is 42.7 Å². The van der Waals surface area contributed by atoms with Crippen LogP contribution in [0.1, 0.15) is 31.0 Å². The fraction of sp³-hybridized carbons (Fsp3) is 0.400. The summed E-state index contributed by atoms with van der Waals surface area (Å²) < 4.78 is 1.94. The van der Waals surface area contributed by atoms with Gasteiger partial charge in [-0.15, -0.1) is 0 Å². The minimum atomic E-state index is 0.381. The van der Waals surface area contributed by atoms with Crippen LogP contribution in [0.3, 0.4) is 0 Å². The van der Waals surface area contributed by atoms with Crippen molar-refractivity contribution in [2.45, 2.75) is 32.9 Å². The highest BCUT2D eigenvalue weighted by Gasteiger charge is 2.04. The van der Waals surface area contributed by atoms with Crippen molar-refractivity contribution in [3.63, 3.8) is 0 Å². The first kappa shape index (κ1) is 12.8. The molecule has 3 heteroatoms. The largest absolute Gasteiger partial charge is 0.308 e. The van der Waals surface area contributed by atoms with Gasteiger partial charge in [0.15, 0.2) is 0 Å². The van der Waals surface area contributed by atoms with Crippen LogP contribution >= 0.6 is 0 Å². The molecule has 0 radical (unpaired) electrons. The lowest BCUT2D eigenvalue weighted by Gasteiger charge is -2.14. The monoisotopic (exact) mass is 243 g/mol. The third-order valence-electron chi connectivity index (χ3n) is 3.24. The van der Waals surface area contributed by atoms with Gasteiger partial charge in [-0.3, -0.25) is 4.68 Å². The zero-order valence-electron chi connectivity index (χ0n) is 11.1. The number of hydrogen-bond acceptors (Lipinski definition) is 2. The Hall–Kier alpha value is -1.61. The third-order valence-corrected chi connectivity index (χ3v) is 3.24. The van der Waals surface area contributed by atoms with E-state index in [0.29, 0.717) is 6.04 Å². The summed E-state index contributed by atoms with van der Waals surface area (Å²) in [7, 11) is 0. The van der Waals surface area contributed by atoms with Crippen molar-refractivity contribution in [2.24, 2.45) is 0 Å². The van der Waals surface area contributed by atoms with Crippen molar-refractivity contribution in [3.8, 4) is 0 Å². The molecule has 1 atom stereocenters. The first-order chi connectivity index (χ1) is 8.79. The van der Waals surface area contributed by atoms with Crippen molar-refractivity contribution in [1.82, 2.24) is 15.1 Å². The van der Waals surface area contributed by atoms with E-state index in [2.05, 4.69) is 48.5 Å². The summed E-state index contributed by atoms with van der Waals surface area (Å²) in [6.07, 6.45) is 4.90. The highest BCUT2D eigenvalue weighted by Crippen LogP contribution is 2.13. The van der Waals surface area contributed by atoms with Crippen LogP contribution < -0.4 is 5.32 Å². The Morgan fingerprint density at radius 1 is 1.28 bits per heavy atom. The molecule has 0 aliphatic heterocycles. The molecule has 0 saturated carbocycles. The average Bonchev–Trinajstić information content (AvgIpc) is 2.92. The Kier molecular flexibility index (Phi) is 4.53. The zero-order chi connectivity index (χ0) is 12.8. The summed E-state index contributed by atoms with van der Waals surface area (Å²) in [5.74, 6) is 0. The Labute approximate surface area is 109 Å². The standard InChI is InChI=1S/C15H21N3/c1-3-14-5-7-15(8-6-14)13(2)16-10-12-18-11-4-9-17-18/h4-9,11,13,16H,3,10,12H2,1-2H3. The van der Waals surface area contributed by atoms with E-state index < -0.39 is 0 Å². The fourth-order valence-electron chi connectivity index (χ4n) is 1.99. The molecule has 3 nitrogen and oxygen atoms in total. The van der Waals surface area contributed by atoms with Gasteiger partial charge in [-0.05, 0) is 30.5 Å². The smallest absolute Gasteiger partial charge is 0.0534 e. The quantitative estimate of drug-likeness (QED) is 0.845. The molecule has 0 amide bonds. The van der Waals surface area contributed by atoms with Crippen molar-refractivity contribution < 1.29 is 0 Å². The molecule has 0 aliphatic rings. The minimum Gasteiger partial charge on any atom is -0.308 e. The number of hydrogen-bond donors (Lipinski definition) is 1. The van der Waals surface area contributed by atoms with Crippen LogP contribution in [-0.4, -0.2) is 16.3 Å². The molecule has 0 fully saturated rings. The van der Waals surface area contributed by atoms with Crippen LogP contribution in [0, 0.1) is 0 Å². The van der Waals surface area contributed by atoms with Gasteiger partial charge < -0.3 is 5.32 Å². The van der Waals surface area contributed by atoms with E-state index in [1.54, 1.807) is 0 Å². The lowest BCUT2D eigenvalue weighted by molar-refractivity contribution is 0.507. The van der Waals surface area contributed by atoms with Crippen LogP contribution in [0.4, 0.5) is 0 Å². The Balaban J connectivity index is 1.81. The summed E-state index contributed by atoms with van der Waals surface area (Å²) in [4.78, 5) is 0. The van der Waals surface area contributed by atoms with E-state index >= 15 is 0 Å². The van der Waals surface area contributed by atoms with E-state index in [1.165, 1.54) is 11.1 Å². The lowest BCUT2D eigenvalue weighted by Crippen LogP contribution is -2.23. The van der Waals surface area contributed by atoms with Crippen molar-refractivity contribution in [2.75, 3.05) is 6.54 Å². The third kappa shape index (κ3) is 3.44. The first-order valence-electron chi connectivity index (χ1n) is 6.59. The second-order valence-corrected chi connectivity index (χ2v) is 4.54. The summed E-state index contributed by atoms with van der Waals surface area (Å²) in [6, 6.07) is 11.2. The second kappa shape index (κ2) is 6.36. The number of rotatable bonds is 6. The number of aryl methyl sites for hydroxylation is 1. The molecule has 1 N–H and O–H groups in total. The number of nitrogens with zero attached hydrogens (tertiary/aromatic N) is 2. The van der Waals surface area contributed by atoms with Crippen molar-refractivity contribution in [3.05, 3.63) is 53.9 Å². The van der Waals surface area contributed by atoms with E-state index in [9.17, 15) is 0 Å². The molecule has 96 valence electrons.